The molecule has 1 aromatic carbocycles. The number of rotatable bonds is 12. The number of non-ortho nitro benzene ring substituents is 1. The summed E-state index contributed by atoms with van der Waals surface area (Å²) in [4.78, 5) is 49.2. The zero-order chi connectivity index (χ0) is 32.1. The van der Waals surface area contributed by atoms with E-state index in [0.717, 1.165) is 35.0 Å². The van der Waals surface area contributed by atoms with E-state index in [4.69, 9.17) is 32.6 Å². The van der Waals surface area contributed by atoms with Crippen molar-refractivity contribution < 1.29 is 50.7 Å². The number of methoxy groups -OCH3 is 2. The summed E-state index contributed by atoms with van der Waals surface area (Å²) >= 11 is 0. The van der Waals surface area contributed by atoms with E-state index < -0.39 is 67.4 Å². The Morgan fingerprint density at radius 3 is 2.26 bits per heavy atom. The van der Waals surface area contributed by atoms with Crippen molar-refractivity contribution >= 4 is 21.9 Å². The molecule has 0 bridgehead atoms. The average Bonchev–Trinajstić information content (AvgIpc) is 3.24. The minimum Gasteiger partial charge on any atom is -0.443 e. The summed E-state index contributed by atoms with van der Waals surface area (Å²) in [6.45, 7) is 5.20. The summed E-state index contributed by atoms with van der Waals surface area (Å²) < 4.78 is 65.6. The highest BCUT2D eigenvalue weighted by molar-refractivity contribution is 7.86. The first-order chi connectivity index (χ1) is 20.1. The molecule has 238 valence electrons. The maximum Gasteiger partial charge on any atom is 0.425 e. The first kappa shape index (κ1) is 34.0. The number of carbonyl (C=O) groups excluding carboxylic acids is 1. The van der Waals surface area contributed by atoms with Crippen LogP contribution in [-0.4, -0.2) is 86.9 Å². The fourth-order valence-electron chi connectivity index (χ4n) is 4.05. The zero-order valence-electron chi connectivity index (χ0n) is 24.3. The predicted octanol–water partition coefficient (Wildman–Crippen LogP) is 1.29. The van der Waals surface area contributed by atoms with Gasteiger partial charge in [0.25, 0.3) is 21.4 Å². The quantitative estimate of drug-likeness (QED) is 0.107. The van der Waals surface area contributed by atoms with Gasteiger partial charge in [-0.2, -0.15) is 13.0 Å². The molecule has 0 radical (unpaired) electrons. The monoisotopic (exact) mass is 631 g/mol. The van der Waals surface area contributed by atoms with Gasteiger partial charge in [0, 0.05) is 38.1 Å². The van der Waals surface area contributed by atoms with E-state index >= 15 is 0 Å². The number of ether oxygens (including phenoxy) is 6. The molecular formula is C25H33N3O14S. The van der Waals surface area contributed by atoms with Crippen LogP contribution in [0, 0.1) is 17.0 Å². The lowest BCUT2D eigenvalue weighted by molar-refractivity contribution is -0.384. The van der Waals surface area contributed by atoms with E-state index in [2.05, 4.69) is 0 Å². The summed E-state index contributed by atoms with van der Waals surface area (Å²) in [7, 11) is -1.99. The number of aromatic nitrogens is 2. The molecule has 1 aliphatic heterocycles. The second kappa shape index (κ2) is 13.8. The number of nitrogens with zero attached hydrogens (tertiary/aromatic N) is 3. The zero-order valence-corrected chi connectivity index (χ0v) is 25.1. The molecule has 0 aliphatic carbocycles. The number of aryl methyl sites for hydroxylation is 1. The molecule has 43 heavy (non-hydrogen) atoms. The van der Waals surface area contributed by atoms with Crippen LogP contribution < -0.4 is 11.2 Å². The maximum absolute atomic E-state index is 13.6. The third kappa shape index (κ3) is 8.11. The number of nitro benzene ring substituents is 1. The second-order valence-electron chi connectivity index (χ2n) is 10.3. The molecule has 0 N–H and O–H groups in total. The third-order valence-electron chi connectivity index (χ3n) is 5.86. The SMILES string of the molecule is COCOC[C@H]1O[C@@H](n2cc(C)c(=O)n(C(=O)OC(C)(C)C)c2=O)[C@H](OS(=O)(=O)c2ccc([N+](=O)[O-])cc2)[C@@H]1OCOC. The van der Waals surface area contributed by atoms with Crippen molar-refractivity contribution in [3.8, 4) is 0 Å². The fourth-order valence-corrected chi connectivity index (χ4v) is 5.13. The molecule has 1 fully saturated rings. The van der Waals surface area contributed by atoms with Crippen LogP contribution in [0.3, 0.4) is 0 Å². The number of hydrogen-bond donors (Lipinski definition) is 0. The van der Waals surface area contributed by atoms with Gasteiger partial charge in [-0.15, -0.1) is 0 Å². The molecule has 2 aromatic rings. The summed E-state index contributed by atoms with van der Waals surface area (Å²) in [5, 5.41) is 11.0. The van der Waals surface area contributed by atoms with Gasteiger partial charge in [0.2, 0.25) is 0 Å². The van der Waals surface area contributed by atoms with E-state index in [1.54, 1.807) is 20.8 Å². The molecule has 1 saturated heterocycles. The van der Waals surface area contributed by atoms with E-state index in [0.29, 0.717) is 0 Å². The molecule has 0 unspecified atom stereocenters. The van der Waals surface area contributed by atoms with Crippen molar-refractivity contribution in [1.29, 1.82) is 0 Å². The molecule has 18 heteroatoms. The molecule has 0 saturated carbocycles. The van der Waals surface area contributed by atoms with Crippen LogP contribution in [0.15, 0.2) is 44.9 Å². The standard InChI is InChI=1S/C25H33N3O14S/c1-15-11-26(23(30)27(21(15)29)24(31)41-25(2,3)4)22-20(19(39-14-37-6)18(40-22)12-38-13-36-5)42-43(34,35)17-9-7-16(8-10-17)28(32)33/h7-11,18-20,22H,12-14H2,1-6H3/t18-,19-,20-,22-/m1/s1. The lowest BCUT2D eigenvalue weighted by Crippen LogP contribution is -2.49. The fraction of sp³-hybridized carbons (Fsp3) is 0.560. The van der Waals surface area contributed by atoms with E-state index in [9.17, 15) is 32.9 Å². The van der Waals surface area contributed by atoms with Gasteiger partial charge in [0.15, 0.2) is 12.3 Å². The van der Waals surface area contributed by atoms with Gasteiger partial charge >= 0.3 is 11.8 Å². The van der Waals surface area contributed by atoms with Gasteiger partial charge in [-0.25, -0.2) is 9.59 Å². The van der Waals surface area contributed by atoms with Crippen molar-refractivity contribution in [2.24, 2.45) is 0 Å². The molecule has 3 rings (SSSR count). The molecule has 17 nitrogen and oxygen atoms in total. The van der Waals surface area contributed by atoms with E-state index in [1.807, 2.05) is 0 Å². The number of hydrogen-bond acceptors (Lipinski definition) is 14. The minimum absolute atomic E-state index is 0.0838. The Balaban J connectivity index is 2.15. The van der Waals surface area contributed by atoms with Crippen LogP contribution in [0.4, 0.5) is 10.5 Å². The summed E-state index contributed by atoms with van der Waals surface area (Å²) in [6.07, 6.45) is -5.76. The molecule has 1 aromatic heterocycles. The highest BCUT2D eigenvalue weighted by atomic mass is 32.2. The Labute approximate surface area is 246 Å². The first-order valence-corrected chi connectivity index (χ1v) is 14.1. The Hall–Kier alpha value is -3.52. The van der Waals surface area contributed by atoms with E-state index in [-0.39, 0.29) is 36.0 Å². The molecule has 2 heterocycles. The highest BCUT2D eigenvalue weighted by Crippen LogP contribution is 2.36. The van der Waals surface area contributed by atoms with Crippen LogP contribution in [-0.2, 0) is 42.7 Å². The van der Waals surface area contributed by atoms with E-state index in [1.165, 1.54) is 21.1 Å². The Kier molecular flexibility index (Phi) is 10.9. The van der Waals surface area contributed by atoms with Crippen LogP contribution in [0.25, 0.3) is 0 Å². The van der Waals surface area contributed by atoms with Crippen molar-refractivity contribution in [2.75, 3.05) is 34.4 Å². The van der Waals surface area contributed by atoms with Crippen LogP contribution in [0.5, 0.6) is 0 Å². The number of nitro groups is 1. The van der Waals surface area contributed by atoms with Crippen LogP contribution >= 0.6 is 0 Å². The minimum atomic E-state index is -4.68. The normalized spacial score (nSPS) is 20.7. The smallest absolute Gasteiger partial charge is 0.425 e. The van der Waals surface area contributed by atoms with Gasteiger partial charge in [-0.05, 0) is 39.8 Å². The summed E-state index contributed by atoms with van der Waals surface area (Å²) in [5.74, 6) is 0. The van der Waals surface area contributed by atoms with Gasteiger partial charge in [0.1, 0.15) is 31.4 Å². The largest absolute Gasteiger partial charge is 0.443 e. The van der Waals surface area contributed by atoms with Gasteiger partial charge < -0.3 is 28.4 Å². The second-order valence-corrected chi connectivity index (χ2v) is 11.8. The number of carbonyl (C=O) groups is 1. The van der Waals surface area contributed by atoms with Crippen LogP contribution in [0.2, 0.25) is 0 Å². The average molecular weight is 632 g/mol. The lowest BCUT2D eigenvalue weighted by Gasteiger charge is -2.25. The highest BCUT2D eigenvalue weighted by Gasteiger charge is 2.50. The van der Waals surface area contributed by atoms with Gasteiger partial charge in [0.05, 0.1) is 16.4 Å². The van der Waals surface area contributed by atoms with Crippen LogP contribution in [0.1, 0.15) is 32.6 Å². The number of benzene rings is 1. The molecule has 0 spiro atoms. The summed E-state index contributed by atoms with van der Waals surface area (Å²) in [5.41, 5.74) is -3.67. The summed E-state index contributed by atoms with van der Waals surface area (Å²) in [6, 6.07) is 3.90. The van der Waals surface area contributed by atoms with Gasteiger partial charge in [-0.1, -0.05) is 0 Å². The molecule has 0 amide bonds. The van der Waals surface area contributed by atoms with Crippen molar-refractivity contribution in [1.82, 2.24) is 9.13 Å². The first-order valence-electron chi connectivity index (χ1n) is 12.7. The Morgan fingerprint density at radius 2 is 1.70 bits per heavy atom. The molecular weight excluding hydrogens is 598 g/mol. The maximum atomic E-state index is 13.6. The van der Waals surface area contributed by atoms with Crippen molar-refractivity contribution in [3.05, 3.63) is 67.0 Å². The lowest BCUT2D eigenvalue weighted by atomic mass is 10.1. The third-order valence-corrected chi connectivity index (χ3v) is 7.18. The van der Waals surface area contributed by atoms with Gasteiger partial charge in [-0.3, -0.25) is 23.7 Å². The van der Waals surface area contributed by atoms with Crippen molar-refractivity contribution in [2.45, 2.75) is 62.7 Å². The Morgan fingerprint density at radius 1 is 1.07 bits per heavy atom. The topological polar surface area (TPSA) is 203 Å². The Bertz CT molecular complexity index is 1530. The molecule has 1 aliphatic rings. The van der Waals surface area contributed by atoms with Crippen molar-refractivity contribution in [3.63, 3.8) is 0 Å². The predicted molar refractivity (Wildman–Crippen MR) is 145 cm³/mol. The molecule has 4 atom stereocenters.